The van der Waals surface area contributed by atoms with E-state index in [2.05, 4.69) is 30.4 Å². The predicted molar refractivity (Wildman–Crippen MR) is 98.5 cm³/mol. The van der Waals surface area contributed by atoms with Gasteiger partial charge in [0.25, 0.3) is 11.1 Å². The van der Waals surface area contributed by atoms with Crippen molar-refractivity contribution in [1.29, 1.82) is 0 Å². The minimum Gasteiger partial charge on any atom is -0.344 e. The Morgan fingerprint density at radius 3 is 2.79 bits per heavy atom. The summed E-state index contributed by atoms with van der Waals surface area (Å²) in [6, 6.07) is 8.44. The van der Waals surface area contributed by atoms with E-state index in [0.29, 0.717) is 10.9 Å². The van der Waals surface area contributed by atoms with E-state index in [1.165, 1.54) is 0 Å². The van der Waals surface area contributed by atoms with Crippen LogP contribution in [0, 0.1) is 12.3 Å². The maximum atomic E-state index is 12.4. The van der Waals surface area contributed by atoms with E-state index >= 15 is 0 Å². The summed E-state index contributed by atoms with van der Waals surface area (Å²) in [5.74, 6) is 2.03. The Labute approximate surface area is 145 Å². The van der Waals surface area contributed by atoms with Gasteiger partial charge in [0.15, 0.2) is 0 Å². The van der Waals surface area contributed by atoms with Crippen LogP contribution in [-0.4, -0.2) is 27.2 Å². The molecule has 1 aromatic carbocycles. The van der Waals surface area contributed by atoms with E-state index < -0.39 is 0 Å². The van der Waals surface area contributed by atoms with Gasteiger partial charge in [0, 0.05) is 28.7 Å². The molecule has 1 aromatic heterocycles. The van der Waals surface area contributed by atoms with Gasteiger partial charge < -0.3 is 4.57 Å². The van der Waals surface area contributed by atoms with Gasteiger partial charge in [-0.1, -0.05) is 31.0 Å². The molecule has 0 unspecified atom stereocenters. The molecule has 5 heteroatoms. The third-order valence-electron chi connectivity index (χ3n) is 4.25. The van der Waals surface area contributed by atoms with Gasteiger partial charge in [-0.2, -0.15) is 0 Å². The van der Waals surface area contributed by atoms with Crippen molar-refractivity contribution in [3.63, 3.8) is 0 Å². The van der Waals surface area contributed by atoms with Gasteiger partial charge in [-0.25, -0.2) is 0 Å². The number of carbonyl (C=O) groups is 2. The lowest BCUT2D eigenvalue weighted by molar-refractivity contribution is -0.122. The molecule has 2 aromatic rings. The lowest BCUT2D eigenvalue weighted by atomic mass is 10.1. The number of carbonyl (C=O) groups excluding carboxylic acids is 2. The number of terminal acetylenes is 1. The second-order valence-electron chi connectivity index (χ2n) is 5.74. The van der Waals surface area contributed by atoms with Crippen LogP contribution in [0.25, 0.3) is 17.0 Å². The highest BCUT2D eigenvalue weighted by Gasteiger charge is 2.34. The Morgan fingerprint density at radius 2 is 2.08 bits per heavy atom. The number of nitrogens with zero attached hydrogens (tertiary/aromatic N) is 2. The largest absolute Gasteiger partial charge is 0.344 e. The van der Waals surface area contributed by atoms with Crippen molar-refractivity contribution < 1.29 is 9.59 Å². The Balaban J connectivity index is 2.07. The van der Waals surface area contributed by atoms with Crippen LogP contribution in [0.5, 0.6) is 0 Å². The molecule has 1 atom stereocenters. The fourth-order valence-electron chi connectivity index (χ4n) is 2.78. The quantitative estimate of drug-likeness (QED) is 0.617. The zero-order valence-electron chi connectivity index (χ0n) is 13.7. The highest BCUT2D eigenvalue weighted by atomic mass is 32.2. The highest BCUT2D eigenvalue weighted by molar-refractivity contribution is 8.18. The number of benzene rings is 1. The molecule has 0 spiro atoms. The average molecular weight is 338 g/mol. The van der Waals surface area contributed by atoms with Crippen molar-refractivity contribution in [3.8, 4) is 12.3 Å². The topological polar surface area (TPSA) is 42.3 Å². The molecule has 122 valence electrons. The molecule has 0 saturated carbocycles. The Morgan fingerprint density at radius 1 is 1.33 bits per heavy atom. The third-order valence-corrected chi connectivity index (χ3v) is 5.15. The number of fused-ring (bicyclic) bond motifs is 1. The second kappa shape index (κ2) is 6.58. The van der Waals surface area contributed by atoms with Crippen LogP contribution in [-0.2, 0) is 4.79 Å². The number of imide groups is 1. The number of aromatic nitrogens is 1. The Bertz CT molecular complexity index is 888. The van der Waals surface area contributed by atoms with Crippen LogP contribution < -0.4 is 0 Å². The average Bonchev–Trinajstić information content (AvgIpc) is 3.08. The minimum absolute atomic E-state index is 0.0106. The molecule has 2 amide bonds. The SMILES string of the molecule is C#CCN1C(=O)S/C(=C/c2cn([C@@H](C)CC)c3ccccc23)C1=O. The summed E-state index contributed by atoms with van der Waals surface area (Å²) in [7, 11) is 0. The van der Waals surface area contributed by atoms with E-state index in [4.69, 9.17) is 6.42 Å². The van der Waals surface area contributed by atoms with E-state index in [-0.39, 0.29) is 17.7 Å². The maximum Gasteiger partial charge on any atom is 0.294 e. The van der Waals surface area contributed by atoms with Crippen LogP contribution in [0.1, 0.15) is 31.9 Å². The van der Waals surface area contributed by atoms with Gasteiger partial charge in [-0.05, 0) is 37.2 Å². The summed E-state index contributed by atoms with van der Waals surface area (Å²) < 4.78 is 2.22. The summed E-state index contributed by atoms with van der Waals surface area (Å²) in [5, 5.41) is 0.761. The number of amides is 2. The number of para-hydroxylation sites is 1. The zero-order chi connectivity index (χ0) is 17.3. The summed E-state index contributed by atoms with van der Waals surface area (Å²) in [6.45, 7) is 4.32. The van der Waals surface area contributed by atoms with Gasteiger partial charge in [0.2, 0.25) is 0 Å². The van der Waals surface area contributed by atoms with E-state index in [1.54, 1.807) is 6.08 Å². The molecule has 4 nitrogen and oxygen atoms in total. The summed E-state index contributed by atoms with van der Waals surface area (Å²) in [6.07, 6.45) is 10.1. The molecule has 24 heavy (non-hydrogen) atoms. The molecule has 2 heterocycles. The van der Waals surface area contributed by atoms with Crippen molar-refractivity contribution in [1.82, 2.24) is 9.47 Å². The van der Waals surface area contributed by atoms with Gasteiger partial charge >= 0.3 is 0 Å². The smallest absolute Gasteiger partial charge is 0.294 e. The molecule has 1 saturated heterocycles. The summed E-state index contributed by atoms with van der Waals surface area (Å²) >= 11 is 0.942. The van der Waals surface area contributed by atoms with Crippen LogP contribution in [0.3, 0.4) is 0 Å². The molecule has 1 fully saturated rings. The van der Waals surface area contributed by atoms with Crippen LogP contribution in [0.2, 0.25) is 0 Å². The standard InChI is InChI=1S/C19H18N2O2S/c1-4-10-20-18(22)17(24-19(20)23)11-14-12-21(13(3)5-2)16-9-7-6-8-15(14)16/h1,6-9,11-13H,5,10H2,2-3H3/b17-11+/t13-/m0/s1. The van der Waals surface area contributed by atoms with Gasteiger partial charge in [0.05, 0.1) is 11.4 Å². The van der Waals surface area contributed by atoms with Crippen molar-refractivity contribution in [2.75, 3.05) is 6.54 Å². The van der Waals surface area contributed by atoms with Crippen molar-refractivity contribution in [2.24, 2.45) is 0 Å². The van der Waals surface area contributed by atoms with E-state index in [0.717, 1.165) is 39.5 Å². The fourth-order valence-corrected chi connectivity index (χ4v) is 3.61. The molecule has 1 aliphatic heterocycles. The monoisotopic (exact) mass is 338 g/mol. The van der Waals surface area contributed by atoms with Crippen molar-refractivity contribution in [3.05, 3.63) is 40.9 Å². The normalized spacial score (nSPS) is 17.7. The summed E-state index contributed by atoms with van der Waals surface area (Å²) in [4.78, 5) is 25.8. The lowest BCUT2D eigenvalue weighted by Crippen LogP contribution is -2.28. The molecule has 0 aliphatic carbocycles. The number of hydrogen-bond donors (Lipinski definition) is 0. The molecule has 1 aliphatic rings. The van der Waals surface area contributed by atoms with Crippen molar-refractivity contribution in [2.45, 2.75) is 26.3 Å². The molecule has 3 rings (SSSR count). The number of thioether (sulfide) groups is 1. The van der Waals surface area contributed by atoms with Crippen molar-refractivity contribution >= 4 is 39.9 Å². The summed E-state index contributed by atoms with van der Waals surface area (Å²) in [5.41, 5.74) is 2.07. The second-order valence-corrected chi connectivity index (χ2v) is 6.73. The molecule has 0 radical (unpaired) electrons. The maximum absolute atomic E-state index is 12.4. The van der Waals surface area contributed by atoms with E-state index in [9.17, 15) is 9.59 Å². The first-order valence-electron chi connectivity index (χ1n) is 7.85. The highest BCUT2D eigenvalue weighted by Crippen LogP contribution is 2.34. The molecule has 0 bridgehead atoms. The van der Waals surface area contributed by atoms with Crippen LogP contribution in [0.4, 0.5) is 4.79 Å². The first kappa shape index (κ1) is 16.4. The first-order chi connectivity index (χ1) is 11.6. The van der Waals surface area contributed by atoms with Crippen LogP contribution in [0.15, 0.2) is 35.4 Å². The van der Waals surface area contributed by atoms with Gasteiger partial charge in [-0.3, -0.25) is 14.5 Å². The fraction of sp³-hybridized carbons (Fsp3) is 0.263. The number of hydrogen-bond acceptors (Lipinski definition) is 3. The predicted octanol–water partition coefficient (Wildman–Crippen LogP) is 4.28. The van der Waals surface area contributed by atoms with Gasteiger partial charge in [-0.15, -0.1) is 6.42 Å². The molecular weight excluding hydrogens is 320 g/mol. The Kier molecular flexibility index (Phi) is 4.50. The third kappa shape index (κ3) is 2.74. The number of rotatable bonds is 4. The first-order valence-corrected chi connectivity index (χ1v) is 8.66. The minimum atomic E-state index is -0.316. The van der Waals surface area contributed by atoms with Crippen LogP contribution >= 0.6 is 11.8 Å². The Hall–Kier alpha value is -2.45. The lowest BCUT2D eigenvalue weighted by Gasteiger charge is -2.12. The molecule has 0 N–H and O–H groups in total. The zero-order valence-corrected chi connectivity index (χ0v) is 14.5. The van der Waals surface area contributed by atoms with Gasteiger partial charge in [0.1, 0.15) is 0 Å². The van der Waals surface area contributed by atoms with E-state index in [1.807, 2.05) is 24.4 Å². The molecular formula is C19H18N2O2S.